The molecule has 2 aromatic rings. The molecule has 2 fully saturated rings. The second kappa shape index (κ2) is 6.42. The van der Waals surface area contributed by atoms with Crippen molar-refractivity contribution in [3.63, 3.8) is 0 Å². The lowest BCUT2D eigenvalue weighted by Crippen LogP contribution is -2.43. The topological polar surface area (TPSA) is 42.4 Å². The predicted octanol–water partition coefficient (Wildman–Crippen LogP) is 3.51. The number of carbonyl (C=O) groups is 1. The van der Waals surface area contributed by atoms with Crippen molar-refractivity contribution in [2.45, 2.75) is 25.3 Å². The summed E-state index contributed by atoms with van der Waals surface area (Å²) < 4.78 is 5.62. The Morgan fingerprint density at radius 2 is 2.13 bits per heavy atom. The minimum absolute atomic E-state index is 0.0382. The fourth-order valence-electron chi connectivity index (χ4n) is 2.99. The Labute approximate surface area is 140 Å². The maximum atomic E-state index is 12.6. The smallest absolute Gasteiger partial charge is 0.223 e. The zero-order valence-corrected chi connectivity index (χ0v) is 13.8. The third kappa shape index (κ3) is 3.31. The number of benzene rings is 1. The van der Waals surface area contributed by atoms with Crippen molar-refractivity contribution in [2.24, 2.45) is 5.92 Å². The Hall–Kier alpha value is -1.72. The van der Waals surface area contributed by atoms with Gasteiger partial charge in [0.25, 0.3) is 0 Å². The summed E-state index contributed by atoms with van der Waals surface area (Å²) in [6, 6.07) is 10.1. The van der Waals surface area contributed by atoms with Gasteiger partial charge >= 0.3 is 0 Å². The van der Waals surface area contributed by atoms with E-state index in [0.717, 1.165) is 16.3 Å². The summed E-state index contributed by atoms with van der Waals surface area (Å²) in [4.78, 5) is 19.3. The Morgan fingerprint density at radius 1 is 1.30 bits per heavy atom. The first kappa shape index (κ1) is 14.8. The molecule has 120 valence electrons. The van der Waals surface area contributed by atoms with Crippen LogP contribution in [0.1, 0.15) is 31.0 Å². The largest absolute Gasteiger partial charge is 0.377 e. The molecule has 2 aliphatic rings. The molecular formula is C18H20N2O2S. The maximum Gasteiger partial charge on any atom is 0.223 e. The molecule has 1 aromatic carbocycles. The van der Waals surface area contributed by atoms with Crippen LogP contribution in [-0.2, 0) is 9.53 Å². The molecule has 1 aliphatic heterocycles. The average Bonchev–Trinajstić information content (AvgIpc) is 3.27. The number of hydrogen-bond donors (Lipinski definition) is 0. The molecule has 4 rings (SSSR count). The fourth-order valence-corrected chi connectivity index (χ4v) is 3.86. The van der Waals surface area contributed by atoms with Crippen LogP contribution < -0.4 is 0 Å². The van der Waals surface area contributed by atoms with E-state index in [9.17, 15) is 4.79 Å². The minimum atomic E-state index is -0.0382. The number of nitrogens with zero attached hydrogens (tertiary/aromatic N) is 2. The molecular weight excluding hydrogens is 308 g/mol. The molecule has 0 unspecified atom stereocenters. The first-order valence-corrected chi connectivity index (χ1v) is 9.07. The van der Waals surface area contributed by atoms with Gasteiger partial charge in [-0.25, -0.2) is 4.98 Å². The summed E-state index contributed by atoms with van der Waals surface area (Å²) in [6.45, 7) is 1.85. The van der Waals surface area contributed by atoms with E-state index in [1.807, 2.05) is 23.1 Å². The van der Waals surface area contributed by atoms with Gasteiger partial charge in [-0.1, -0.05) is 30.3 Å². The van der Waals surface area contributed by atoms with Crippen LogP contribution in [0.3, 0.4) is 0 Å². The molecule has 2 heterocycles. The van der Waals surface area contributed by atoms with Crippen LogP contribution in [0.4, 0.5) is 0 Å². The van der Waals surface area contributed by atoms with Crippen molar-refractivity contribution in [3.05, 3.63) is 41.4 Å². The van der Waals surface area contributed by atoms with Gasteiger partial charge in [0.2, 0.25) is 5.91 Å². The molecule has 1 amide bonds. The van der Waals surface area contributed by atoms with E-state index in [2.05, 4.69) is 17.5 Å². The van der Waals surface area contributed by atoms with Crippen LogP contribution in [0.2, 0.25) is 0 Å². The standard InChI is InChI=1S/C18H20N2O2S/c21-17(10-13-6-7-13)20-8-9-22-11-16(20)15-12-23-18(19-15)14-4-2-1-3-5-14/h1-5,12-13,16H,6-11H2/t16-/m1/s1. The Kier molecular flexibility index (Phi) is 4.14. The molecule has 0 bridgehead atoms. The van der Waals surface area contributed by atoms with Crippen molar-refractivity contribution >= 4 is 17.2 Å². The lowest BCUT2D eigenvalue weighted by Gasteiger charge is -2.34. The molecule has 1 saturated heterocycles. The molecule has 5 heteroatoms. The highest BCUT2D eigenvalue weighted by Crippen LogP contribution is 2.35. The summed E-state index contributed by atoms with van der Waals surface area (Å²) in [6.07, 6.45) is 3.09. The molecule has 1 aromatic heterocycles. The molecule has 0 spiro atoms. The van der Waals surface area contributed by atoms with Crippen molar-refractivity contribution in [2.75, 3.05) is 19.8 Å². The van der Waals surface area contributed by atoms with E-state index in [4.69, 9.17) is 9.72 Å². The van der Waals surface area contributed by atoms with Crippen LogP contribution >= 0.6 is 11.3 Å². The number of thiazole rings is 1. The van der Waals surface area contributed by atoms with Gasteiger partial charge in [0, 0.05) is 23.9 Å². The van der Waals surface area contributed by atoms with Gasteiger partial charge in [-0.05, 0) is 18.8 Å². The van der Waals surface area contributed by atoms with Gasteiger partial charge < -0.3 is 9.64 Å². The lowest BCUT2D eigenvalue weighted by molar-refractivity contribution is -0.140. The van der Waals surface area contributed by atoms with Crippen LogP contribution in [0.25, 0.3) is 10.6 Å². The normalized spacial score (nSPS) is 21.4. The Bertz CT molecular complexity index is 681. The zero-order valence-electron chi connectivity index (χ0n) is 13.0. The number of hydrogen-bond acceptors (Lipinski definition) is 4. The third-order valence-electron chi connectivity index (χ3n) is 4.49. The summed E-state index contributed by atoms with van der Waals surface area (Å²) in [5.74, 6) is 0.872. The summed E-state index contributed by atoms with van der Waals surface area (Å²) in [7, 11) is 0. The highest BCUT2D eigenvalue weighted by atomic mass is 32.1. The fraction of sp³-hybridized carbons (Fsp3) is 0.444. The molecule has 0 radical (unpaired) electrons. The van der Waals surface area contributed by atoms with Crippen LogP contribution in [0.15, 0.2) is 35.7 Å². The first-order valence-electron chi connectivity index (χ1n) is 8.19. The molecule has 1 aliphatic carbocycles. The van der Waals surface area contributed by atoms with E-state index in [0.29, 0.717) is 32.1 Å². The van der Waals surface area contributed by atoms with Crippen molar-refractivity contribution in [1.29, 1.82) is 0 Å². The van der Waals surface area contributed by atoms with Gasteiger partial charge in [-0.2, -0.15) is 0 Å². The molecule has 1 atom stereocenters. The highest BCUT2D eigenvalue weighted by molar-refractivity contribution is 7.13. The van der Waals surface area contributed by atoms with E-state index >= 15 is 0 Å². The number of aromatic nitrogens is 1. The van der Waals surface area contributed by atoms with Crippen LogP contribution in [-0.4, -0.2) is 35.5 Å². The SMILES string of the molecule is O=C(CC1CC1)N1CCOC[C@@H]1c1csc(-c2ccccc2)n1. The zero-order chi connectivity index (χ0) is 15.6. The van der Waals surface area contributed by atoms with Crippen LogP contribution in [0, 0.1) is 5.92 Å². The molecule has 23 heavy (non-hydrogen) atoms. The van der Waals surface area contributed by atoms with E-state index in [-0.39, 0.29) is 11.9 Å². The summed E-state index contributed by atoms with van der Waals surface area (Å²) in [5.41, 5.74) is 2.08. The summed E-state index contributed by atoms with van der Waals surface area (Å²) in [5, 5.41) is 3.07. The maximum absolute atomic E-state index is 12.6. The number of rotatable bonds is 4. The van der Waals surface area contributed by atoms with Crippen molar-refractivity contribution < 1.29 is 9.53 Å². The third-order valence-corrected chi connectivity index (χ3v) is 5.40. The number of morpholine rings is 1. The van der Waals surface area contributed by atoms with Crippen molar-refractivity contribution in [3.8, 4) is 10.6 Å². The van der Waals surface area contributed by atoms with Crippen molar-refractivity contribution in [1.82, 2.24) is 9.88 Å². The van der Waals surface area contributed by atoms with Gasteiger partial charge in [0.05, 0.1) is 24.9 Å². The number of amides is 1. The second-order valence-corrected chi connectivity index (χ2v) is 7.13. The Morgan fingerprint density at radius 3 is 2.91 bits per heavy atom. The highest BCUT2D eigenvalue weighted by Gasteiger charge is 2.33. The van der Waals surface area contributed by atoms with E-state index in [1.54, 1.807) is 11.3 Å². The van der Waals surface area contributed by atoms with E-state index in [1.165, 1.54) is 12.8 Å². The van der Waals surface area contributed by atoms with Crippen LogP contribution in [0.5, 0.6) is 0 Å². The van der Waals surface area contributed by atoms with Gasteiger partial charge in [-0.15, -0.1) is 11.3 Å². The Balaban J connectivity index is 1.55. The predicted molar refractivity (Wildman–Crippen MR) is 90.2 cm³/mol. The molecule has 0 N–H and O–H groups in total. The lowest BCUT2D eigenvalue weighted by atomic mass is 10.1. The minimum Gasteiger partial charge on any atom is -0.377 e. The molecule has 4 nitrogen and oxygen atoms in total. The summed E-state index contributed by atoms with van der Waals surface area (Å²) >= 11 is 1.63. The first-order chi connectivity index (χ1) is 11.3. The van der Waals surface area contributed by atoms with Gasteiger partial charge in [-0.3, -0.25) is 4.79 Å². The quantitative estimate of drug-likeness (QED) is 0.862. The van der Waals surface area contributed by atoms with Gasteiger partial charge in [0.15, 0.2) is 0 Å². The van der Waals surface area contributed by atoms with E-state index < -0.39 is 0 Å². The number of carbonyl (C=O) groups excluding carboxylic acids is 1. The number of ether oxygens (including phenoxy) is 1. The monoisotopic (exact) mass is 328 g/mol. The second-order valence-electron chi connectivity index (χ2n) is 6.27. The average molecular weight is 328 g/mol. The van der Waals surface area contributed by atoms with Gasteiger partial charge in [0.1, 0.15) is 5.01 Å². The molecule has 1 saturated carbocycles.